The van der Waals surface area contributed by atoms with Crippen molar-refractivity contribution in [3.8, 4) is 0 Å². The van der Waals surface area contributed by atoms with Crippen LogP contribution in [0.15, 0.2) is 81.4 Å². The van der Waals surface area contributed by atoms with Crippen molar-refractivity contribution in [1.82, 2.24) is 15.2 Å². The second-order valence-electron chi connectivity index (χ2n) is 6.81. The Morgan fingerprint density at radius 1 is 1.03 bits per heavy atom. The molecule has 0 aliphatic carbocycles. The standard InChI is InChI=1S/C22H21N3O3S/c26-21(16-6-8-18(9-7-16)29-20-5-1-2-12-23-20)24-17-10-13-25(14-11-17)22(27)19-4-3-15-28-19/h1-9,12,15,17H,10-11,13-14H2,(H,24,26). The summed E-state index contributed by atoms with van der Waals surface area (Å²) in [7, 11) is 0. The number of nitrogens with zero attached hydrogens (tertiary/aromatic N) is 2. The number of benzene rings is 1. The molecule has 1 N–H and O–H groups in total. The molecule has 1 aromatic carbocycles. The molecule has 2 aromatic heterocycles. The lowest BCUT2D eigenvalue weighted by atomic mass is 10.0. The Morgan fingerprint density at radius 2 is 1.83 bits per heavy atom. The summed E-state index contributed by atoms with van der Waals surface area (Å²) < 4.78 is 5.18. The molecule has 1 saturated heterocycles. The molecule has 0 radical (unpaired) electrons. The monoisotopic (exact) mass is 407 g/mol. The first-order chi connectivity index (χ1) is 14.2. The van der Waals surface area contributed by atoms with Crippen molar-refractivity contribution in [2.45, 2.75) is 28.8 Å². The maximum Gasteiger partial charge on any atom is 0.289 e. The second kappa shape index (κ2) is 8.96. The van der Waals surface area contributed by atoms with Crippen LogP contribution in [-0.4, -0.2) is 40.8 Å². The fourth-order valence-electron chi connectivity index (χ4n) is 3.25. The second-order valence-corrected chi connectivity index (χ2v) is 7.91. The Bertz CT molecular complexity index is 951. The molecule has 0 unspecified atom stereocenters. The molecule has 0 saturated carbocycles. The van der Waals surface area contributed by atoms with Crippen molar-refractivity contribution in [3.63, 3.8) is 0 Å². The van der Waals surface area contributed by atoms with Gasteiger partial charge in [-0.05, 0) is 61.4 Å². The predicted octanol–water partition coefficient (Wildman–Crippen LogP) is 3.86. The molecule has 1 fully saturated rings. The number of furan rings is 1. The number of nitrogens with one attached hydrogen (secondary N) is 1. The van der Waals surface area contributed by atoms with Crippen LogP contribution in [0.4, 0.5) is 0 Å². The van der Waals surface area contributed by atoms with Crippen LogP contribution < -0.4 is 5.32 Å². The van der Waals surface area contributed by atoms with Crippen molar-refractivity contribution in [1.29, 1.82) is 0 Å². The number of rotatable bonds is 5. The molecule has 7 heteroatoms. The number of hydrogen-bond donors (Lipinski definition) is 1. The average Bonchev–Trinajstić information content (AvgIpc) is 3.30. The largest absolute Gasteiger partial charge is 0.459 e. The lowest BCUT2D eigenvalue weighted by molar-refractivity contribution is 0.0667. The van der Waals surface area contributed by atoms with E-state index in [2.05, 4.69) is 10.3 Å². The molecular weight excluding hydrogens is 386 g/mol. The quantitative estimate of drug-likeness (QED) is 0.695. The van der Waals surface area contributed by atoms with E-state index in [4.69, 9.17) is 4.42 Å². The molecule has 4 rings (SSSR count). The summed E-state index contributed by atoms with van der Waals surface area (Å²) in [6, 6.07) is 16.7. The van der Waals surface area contributed by atoms with Gasteiger partial charge in [-0.2, -0.15) is 0 Å². The van der Waals surface area contributed by atoms with Crippen LogP contribution >= 0.6 is 11.8 Å². The highest BCUT2D eigenvalue weighted by Gasteiger charge is 2.26. The summed E-state index contributed by atoms with van der Waals surface area (Å²) in [5, 5.41) is 4.00. The molecule has 0 spiro atoms. The molecule has 1 aliphatic heterocycles. The topological polar surface area (TPSA) is 75.4 Å². The van der Waals surface area contributed by atoms with Gasteiger partial charge in [0.25, 0.3) is 11.8 Å². The first-order valence-corrected chi connectivity index (χ1v) is 10.3. The summed E-state index contributed by atoms with van der Waals surface area (Å²) in [5.41, 5.74) is 0.629. The highest BCUT2D eigenvalue weighted by molar-refractivity contribution is 7.99. The van der Waals surface area contributed by atoms with Gasteiger partial charge in [-0.3, -0.25) is 9.59 Å². The Balaban J connectivity index is 1.28. The Morgan fingerprint density at radius 3 is 2.48 bits per heavy atom. The van der Waals surface area contributed by atoms with Gasteiger partial charge in [-0.15, -0.1) is 0 Å². The van der Waals surface area contributed by atoms with Crippen LogP contribution in [0.25, 0.3) is 0 Å². The SMILES string of the molecule is O=C(NC1CCN(C(=O)c2ccco2)CC1)c1ccc(Sc2ccccn2)cc1. The third-order valence-corrected chi connectivity index (χ3v) is 5.78. The summed E-state index contributed by atoms with van der Waals surface area (Å²) in [4.78, 5) is 32.0. The van der Waals surface area contributed by atoms with E-state index in [1.165, 1.54) is 6.26 Å². The molecule has 0 bridgehead atoms. The van der Waals surface area contributed by atoms with Gasteiger partial charge in [0.15, 0.2) is 5.76 Å². The van der Waals surface area contributed by atoms with Crippen molar-refractivity contribution in [2.75, 3.05) is 13.1 Å². The Kier molecular flexibility index (Phi) is 5.95. The highest BCUT2D eigenvalue weighted by Crippen LogP contribution is 2.25. The van der Waals surface area contributed by atoms with E-state index in [-0.39, 0.29) is 17.9 Å². The normalized spacial score (nSPS) is 14.6. The number of carbonyl (C=O) groups excluding carboxylic acids is 2. The highest BCUT2D eigenvalue weighted by atomic mass is 32.2. The van der Waals surface area contributed by atoms with E-state index < -0.39 is 0 Å². The minimum Gasteiger partial charge on any atom is -0.459 e. The Hall–Kier alpha value is -3.06. The van der Waals surface area contributed by atoms with Crippen molar-refractivity contribution < 1.29 is 14.0 Å². The molecule has 3 aromatic rings. The number of hydrogen-bond acceptors (Lipinski definition) is 5. The van der Waals surface area contributed by atoms with Crippen LogP contribution in [0.2, 0.25) is 0 Å². The maximum absolute atomic E-state index is 12.6. The van der Waals surface area contributed by atoms with E-state index in [0.29, 0.717) is 24.4 Å². The average molecular weight is 407 g/mol. The van der Waals surface area contributed by atoms with Crippen molar-refractivity contribution >= 4 is 23.6 Å². The van der Waals surface area contributed by atoms with E-state index in [1.54, 1.807) is 35.0 Å². The van der Waals surface area contributed by atoms with Gasteiger partial charge in [0, 0.05) is 35.8 Å². The van der Waals surface area contributed by atoms with Crippen LogP contribution in [0.5, 0.6) is 0 Å². The zero-order valence-corrected chi connectivity index (χ0v) is 16.6. The molecule has 2 amide bonds. The minimum atomic E-state index is -0.0965. The molecule has 0 atom stereocenters. The zero-order valence-electron chi connectivity index (χ0n) is 15.8. The number of piperidine rings is 1. The first kappa shape index (κ1) is 19.3. The van der Waals surface area contributed by atoms with E-state index in [0.717, 1.165) is 22.8 Å². The minimum absolute atomic E-state index is 0.0609. The number of aromatic nitrogens is 1. The fourth-order valence-corrected chi connectivity index (χ4v) is 4.03. The third-order valence-electron chi connectivity index (χ3n) is 4.83. The van der Waals surface area contributed by atoms with Gasteiger partial charge in [0.1, 0.15) is 5.03 Å². The van der Waals surface area contributed by atoms with Crippen molar-refractivity contribution in [2.24, 2.45) is 0 Å². The van der Waals surface area contributed by atoms with E-state index in [9.17, 15) is 9.59 Å². The number of carbonyl (C=O) groups is 2. The first-order valence-electron chi connectivity index (χ1n) is 9.51. The van der Waals surface area contributed by atoms with Crippen LogP contribution in [0.3, 0.4) is 0 Å². The Labute approximate surface area is 173 Å². The number of amides is 2. The summed E-state index contributed by atoms with van der Waals surface area (Å²) in [6.07, 6.45) is 4.72. The van der Waals surface area contributed by atoms with Gasteiger partial charge < -0.3 is 14.6 Å². The summed E-state index contributed by atoms with van der Waals surface area (Å²) in [6.45, 7) is 1.20. The molecular formula is C22H21N3O3S. The molecule has 29 heavy (non-hydrogen) atoms. The lowest BCUT2D eigenvalue weighted by Crippen LogP contribution is -2.46. The van der Waals surface area contributed by atoms with Crippen molar-refractivity contribution in [3.05, 3.63) is 78.4 Å². The smallest absolute Gasteiger partial charge is 0.289 e. The summed E-state index contributed by atoms with van der Waals surface area (Å²) >= 11 is 1.56. The predicted molar refractivity (Wildman–Crippen MR) is 110 cm³/mol. The van der Waals surface area contributed by atoms with Gasteiger partial charge >= 0.3 is 0 Å². The van der Waals surface area contributed by atoms with Gasteiger partial charge in [0.05, 0.1) is 6.26 Å². The lowest BCUT2D eigenvalue weighted by Gasteiger charge is -2.31. The molecule has 6 nitrogen and oxygen atoms in total. The number of pyridine rings is 1. The van der Waals surface area contributed by atoms with E-state index >= 15 is 0 Å². The summed E-state index contributed by atoms with van der Waals surface area (Å²) in [5.74, 6) is 0.173. The van der Waals surface area contributed by atoms with Gasteiger partial charge in [0.2, 0.25) is 0 Å². The molecule has 148 valence electrons. The van der Waals surface area contributed by atoms with Crippen LogP contribution in [0, 0.1) is 0 Å². The third kappa shape index (κ3) is 4.86. The fraction of sp³-hybridized carbons (Fsp3) is 0.227. The van der Waals surface area contributed by atoms with Crippen LogP contribution in [0.1, 0.15) is 33.8 Å². The van der Waals surface area contributed by atoms with Gasteiger partial charge in [-0.25, -0.2) is 4.98 Å². The molecule has 3 heterocycles. The zero-order chi connectivity index (χ0) is 20.1. The molecule has 1 aliphatic rings. The van der Waals surface area contributed by atoms with Crippen LogP contribution in [-0.2, 0) is 0 Å². The number of likely N-dealkylation sites (tertiary alicyclic amines) is 1. The van der Waals surface area contributed by atoms with Gasteiger partial charge in [-0.1, -0.05) is 17.8 Å². The van der Waals surface area contributed by atoms with E-state index in [1.807, 2.05) is 42.5 Å². The maximum atomic E-state index is 12.6.